The fourth-order valence-corrected chi connectivity index (χ4v) is 6.40. The number of fused-ring (bicyclic) bond motifs is 1. The van der Waals surface area contributed by atoms with Crippen LogP contribution < -0.4 is 9.21 Å². The van der Waals surface area contributed by atoms with Crippen LogP contribution in [0, 0.1) is 0 Å². The second kappa shape index (κ2) is 5.69. The lowest BCUT2D eigenvalue weighted by atomic mass is 10.1. The van der Waals surface area contributed by atoms with Crippen LogP contribution in [0.25, 0.3) is 0 Å². The van der Waals surface area contributed by atoms with Gasteiger partial charge in [-0.3, -0.25) is 4.31 Å². The molecule has 0 radical (unpaired) electrons. The number of sulfonamides is 1. The van der Waals surface area contributed by atoms with Crippen LogP contribution in [0.3, 0.4) is 0 Å². The third-order valence-corrected chi connectivity index (χ3v) is 8.00. The van der Waals surface area contributed by atoms with Gasteiger partial charge in [0.25, 0.3) is 10.0 Å². The summed E-state index contributed by atoms with van der Waals surface area (Å²) in [7, 11) is -3.52. The molecular weight excluding hydrogens is 352 g/mol. The lowest BCUT2D eigenvalue weighted by molar-refractivity contribution is 0.594. The van der Waals surface area contributed by atoms with Gasteiger partial charge in [-0.25, -0.2) is 8.42 Å². The van der Waals surface area contributed by atoms with E-state index in [1.807, 2.05) is 6.07 Å². The molecule has 23 heavy (non-hydrogen) atoms. The maximum Gasteiger partial charge on any atom is 0.273 e. The van der Waals surface area contributed by atoms with E-state index in [1.54, 1.807) is 12.1 Å². The van der Waals surface area contributed by atoms with Crippen molar-refractivity contribution in [1.82, 2.24) is 0 Å². The third kappa shape index (κ3) is 2.62. The van der Waals surface area contributed by atoms with Crippen LogP contribution in [0.1, 0.15) is 18.4 Å². The highest BCUT2D eigenvalue weighted by molar-refractivity contribution is 7.94. The molecule has 0 saturated carbocycles. The van der Waals surface area contributed by atoms with E-state index in [-0.39, 0.29) is 0 Å². The molecular formula is C16H17ClN2O2S2. The molecule has 0 unspecified atom stereocenters. The zero-order chi connectivity index (χ0) is 16.0. The highest BCUT2D eigenvalue weighted by Gasteiger charge is 2.32. The van der Waals surface area contributed by atoms with E-state index >= 15 is 0 Å². The highest BCUT2D eigenvalue weighted by atomic mass is 35.5. The molecule has 3 heterocycles. The minimum Gasteiger partial charge on any atom is -0.371 e. The number of thiophene rings is 1. The van der Waals surface area contributed by atoms with Crippen molar-refractivity contribution >= 4 is 44.3 Å². The second-order valence-corrected chi connectivity index (χ2v) is 9.70. The smallest absolute Gasteiger partial charge is 0.273 e. The zero-order valence-electron chi connectivity index (χ0n) is 12.5. The molecule has 2 aliphatic heterocycles. The second-order valence-electron chi connectivity index (χ2n) is 5.89. The van der Waals surface area contributed by atoms with Gasteiger partial charge in [0.1, 0.15) is 4.21 Å². The Hall–Kier alpha value is -1.24. The topological polar surface area (TPSA) is 40.6 Å². The predicted octanol–water partition coefficient (Wildman–Crippen LogP) is 3.75. The molecule has 1 saturated heterocycles. The quantitative estimate of drug-likeness (QED) is 0.828. The van der Waals surface area contributed by atoms with Gasteiger partial charge in [-0.1, -0.05) is 17.7 Å². The molecule has 4 nitrogen and oxygen atoms in total. The Morgan fingerprint density at radius 3 is 2.52 bits per heavy atom. The molecule has 1 aromatic heterocycles. The first-order chi connectivity index (χ1) is 11.1. The number of benzene rings is 1. The van der Waals surface area contributed by atoms with Gasteiger partial charge in [0.05, 0.1) is 10.0 Å². The average molecular weight is 369 g/mol. The Kier molecular flexibility index (Phi) is 3.78. The van der Waals surface area contributed by atoms with Crippen molar-refractivity contribution in [3.63, 3.8) is 0 Å². The van der Waals surface area contributed by atoms with Crippen molar-refractivity contribution in [2.45, 2.75) is 23.5 Å². The first-order valence-electron chi connectivity index (χ1n) is 7.72. The summed E-state index contributed by atoms with van der Waals surface area (Å²) in [5, 5.41) is 0. The number of nitrogens with zero attached hydrogens (tertiary/aromatic N) is 2. The van der Waals surface area contributed by atoms with Crippen LogP contribution in [-0.2, 0) is 16.4 Å². The van der Waals surface area contributed by atoms with Gasteiger partial charge in [-0.05, 0) is 49.1 Å². The van der Waals surface area contributed by atoms with E-state index in [0.717, 1.165) is 47.8 Å². The molecule has 0 amide bonds. The molecule has 0 spiro atoms. The molecule has 1 aromatic carbocycles. The lowest BCUT2D eigenvalue weighted by Crippen LogP contribution is -2.28. The van der Waals surface area contributed by atoms with Crippen molar-refractivity contribution in [1.29, 1.82) is 0 Å². The van der Waals surface area contributed by atoms with Gasteiger partial charge in [0.15, 0.2) is 0 Å². The molecule has 0 aliphatic carbocycles. The first kappa shape index (κ1) is 15.3. The summed E-state index contributed by atoms with van der Waals surface area (Å²) in [4.78, 5) is 2.32. The van der Waals surface area contributed by atoms with Crippen molar-refractivity contribution in [3.8, 4) is 0 Å². The first-order valence-corrected chi connectivity index (χ1v) is 10.3. The summed E-state index contributed by atoms with van der Waals surface area (Å²) in [6.45, 7) is 2.59. The molecule has 2 aliphatic rings. The SMILES string of the molecule is O=S(=O)(c1ccc(Cl)s1)N1CCc2ccc(N3CCCC3)cc21. The Labute approximate surface area is 145 Å². The normalized spacial score (nSPS) is 17.8. The van der Waals surface area contributed by atoms with E-state index in [2.05, 4.69) is 17.0 Å². The monoisotopic (exact) mass is 368 g/mol. The fraction of sp³-hybridized carbons (Fsp3) is 0.375. The van der Waals surface area contributed by atoms with Gasteiger partial charge < -0.3 is 4.90 Å². The maximum atomic E-state index is 12.9. The summed E-state index contributed by atoms with van der Waals surface area (Å²) in [5.74, 6) is 0. The van der Waals surface area contributed by atoms with E-state index in [4.69, 9.17) is 11.6 Å². The van der Waals surface area contributed by atoms with Gasteiger partial charge in [0.2, 0.25) is 0 Å². The van der Waals surface area contributed by atoms with Gasteiger partial charge >= 0.3 is 0 Å². The zero-order valence-corrected chi connectivity index (χ0v) is 14.9. The maximum absolute atomic E-state index is 12.9. The summed E-state index contributed by atoms with van der Waals surface area (Å²) in [6.07, 6.45) is 3.16. The molecule has 7 heteroatoms. The largest absolute Gasteiger partial charge is 0.371 e. The van der Waals surface area contributed by atoms with Crippen LogP contribution in [0.2, 0.25) is 4.34 Å². The minimum absolute atomic E-state index is 0.307. The summed E-state index contributed by atoms with van der Waals surface area (Å²) < 4.78 is 28.1. The Morgan fingerprint density at radius 1 is 1.04 bits per heavy atom. The molecule has 2 aromatic rings. The van der Waals surface area contributed by atoms with Crippen LogP contribution in [0.5, 0.6) is 0 Å². The van der Waals surface area contributed by atoms with E-state index in [9.17, 15) is 8.42 Å². The lowest BCUT2D eigenvalue weighted by Gasteiger charge is -2.22. The number of rotatable bonds is 3. The third-order valence-electron chi connectivity index (χ3n) is 4.49. The number of hydrogen-bond acceptors (Lipinski definition) is 4. The molecule has 0 N–H and O–H groups in total. The van der Waals surface area contributed by atoms with Crippen molar-refractivity contribution in [2.24, 2.45) is 0 Å². The van der Waals surface area contributed by atoms with Crippen LogP contribution in [0.15, 0.2) is 34.5 Å². The number of halogens is 1. The molecule has 1 fully saturated rings. The molecule has 122 valence electrons. The fourth-order valence-electron chi connectivity index (χ4n) is 3.30. The van der Waals surface area contributed by atoms with Crippen LogP contribution in [-0.4, -0.2) is 28.1 Å². The Bertz CT molecular complexity index is 842. The van der Waals surface area contributed by atoms with Crippen LogP contribution >= 0.6 is 22.9 Å². The molecule has 4 rings (SSSR count). The van der Waals surface area contributed by atoms with Gasteiger partial charge in [-0.2, -0.15) is 0 Å². The summed E-state index contributed by atoms with van der Waals surface area (Å²) in [5.41, 5.74) is 3.03. The number of anilines is 2. The number of hydrogen-bond donors (Lipinski definition) is 0. The highest BCUT2D eigenvalue weighted by Crippen LogP contribution is 2.38. The van der Waals surface area contributed by atoms with Crippen molar-refractivity contribution in [3.05, 3.63) is 40.2 Å². The minimum atomic E-state index is -3.52. The summed E-state index contributed by atoms with van der Waals surface area (Å²) in [6, 6.07) is 9.43. The predicted molar refractivity (Wildman–Crippen MR) is 95.5 cm³/mol. The van der Waals surface area contributed by atoms with Crippen molar-refractivity contribution in [2.75, 3.05) is 28.8 Å². The summed E-state index contributed by atoms with van der Waals surface area (Å²) >= 11 is 7.02. The van der Waals surface area contributed by atoms with E-state index in [1.165, 1.54) is 17.1 Å². The van der Waals surface area contributed by atoms with Crippen molar-refractivity contribution < 1.29 is 8.42 Å². The van der Waals surface area contributed by atoms with Crippen LogP contribution in [0.4, 0.5) is 11.4 Å². The van der Waals surface area contributed by atoms with Gasteiger partial charge in [0, 0.05) is 25.3 Å². The molecule has 0 atom stereocenters. The van der Waals surface area contributed by atoms with Gasteiger partial charge in [-0.15, -0.1) is 11.3 Å². The van der Waals surface area contributed by atoms with E-state index in [0.29, 0.717) is 15.1 Å². The standard InChI is InChI=1S/C16H17ClN2O2S2/c17-15-5-6-16(22-15)23(20,21)19-10-7-12-3-4-13(11-14(12)19)18-8-1-2-9-18/h3-6,11H,1-2,7-10H2. The average Bonchev–Trinajstić information content (AvgIpc) is 3.26. The molecule has 0 bridgehead atoms. The van der Waals surface area contributed by atoms with E-state index < -0.39 is 10.0 Å². The Morgan fingerprint density at radius 2 is 1.83 bits per heavy atom. The Balaban J connectivity index is 1.73.